The zero-order valence-electron chi connectivity index (χ0n) is 21.1. The molecular formula is C24H33F4N5O4. The molecule has 1 aliphatic carbocycles. The van der Waals surface area contributed by atoms with E-state index in [2.05, 4.69) is 25.8 Å². The number of aromatic nitrogens is 1. The van der Waals surface area contributed by atoms with E-state index < -0.39 is 17.9 Å². The van der Waals surface area contributed by atoms with Gasteiger partial charge in [0.05, 0.1) is 6.54 Å². The van der Waals surface area contributed by atoms with Gasteiger partial charge in [-0.3, -0.25) is 0 Å². The average molecular weight is 532 g/mol. The molecular weight excluding hydrogens is 498 g/mol. The van der Waals surface area contributed by atoms with Gasteiger partial charge in [0, 0.05) is 43.9 Å². The number of hydrogen-bond acceptors (Lipinski definition) is 5. The number of hydrogen-bond donors (Lipinski definition) is 3. The van der Waals surface area contributed by atoms with E-state index in [1.807, 2.05) is 18.7 Å². The molecule has 1 saturated carbocycles. The zero-order chi connectivity index (χ0) is 27.4. The molecule has 2 aromatic rings. The Kier molecular flexibility index (Phi) is 11.5. The van der Waals surface area contributed by atoms with Crippen LogP contribution < -0.4 is 20.7 Å². The van der Waals surface area contributed by atoms with Crippen LogP contribution in [0.2, 0.25) is 0 Å². The fourth-order valence-corrected chi connectivity index (χ4v) is 3.32. The van der Waals surface area contributed by atoms with E-state index in [1.54, 1.807) is 7.05 Å². The van der Waals surface area contributed by atoms with Crippen LogP contribution in [0, 0.1) is 5.82 Å². The van der Waals surface area contributed by atoms with Crippen LogP contribution in [0.5, 0.6) is 5.75 Å². The van der Waals surface area contributed by atoms with Crippen molar-refractivity contribution in [2.45, 2.75) is 64.9 Å². The maximum atomic E-state index is 13.5. The van der Waals surface area contributed by atoms with E-state index in [0.29, 0.717) is 6.07 Å². The summed E-state index contributed by atoms with van der Waals surface area (Å²) in [6.45, 7) is 5.89. The molecule has 2 fully saturated rings. The van der Waals surface area contributed by atoms with Crippen LogP contribution in [0.3, 0.4) is 0 Å². The smallest absolute Gasteiger partial charge is 0.406 e. The second kappa shape index (κ2) is 14.3. The summed E-state index contributed by atoms with van der Waals surface area (Å²) in [6, 6.07) is 3.91. The first kappa shape index (κ1) is 29.7. The zero-order valence-corrected chi connectivity index (χ0v) is 21.1. The van der Waals surface area contributed by atoms with E-state index in [4.69, 9.17) is 4.52 Å². The first-order valence-electron chi connectivity index (χ1n) is 12.2. The lowest BCUT2D eigenvalue weighted by Gasteiger charge is -2.25. The average Bonchev–Trinajstić information content (AvgIpc) is 3.55. The number of benzene rings is 1. The predicted molar refractivity (Wildman–Crippen MR) is 128 cm³/mol. The van der Waals surface area contributed by atoms with Crippen molar-refractivity contribution >= 4 is 12.1 Å². The van der Waals surface area contributed by atoms with Crippen LogP contribution in [0.1, 0.15) is 51.7 Å². The van der Waals surface area contributed by atoms with E-state index in [1.165, 1.54) is 12.5 Å². The van der Waals surface area contributed by atoms with Crippen molar-refractivity contribution < 1.29 is 36.4 Å². The number of carbonyl (C=O) groups excluding carboxylic acids is 2. The third-order valence-electron chi connectivity index (χ3n) is 5.15. The molecule has 0 atom stereocenters. The Balaban J connectivity index is 0.000000336. The minimum atomic E-state index is -4.93. The maximum absolute atomic E-state index is 13.5. The number of nitrogens with zero attached hydrogens (tertiary/aromatic N) is 2. The van der Waals surface area contributed by atoms with Gasteiger partial charge in [0.15, 0.2) is 5.76 Å². The molecule has 1 aromatic heterocycles. The molecule has 13 heteroatoms. The first-order chi connectivity index (χ1) is 17.6. The molecule has 3 N–H and O–H groups in total. The molecule has 0 unspecified atom stereocenters. The van der Waals surface area contributed by atoms with Crippen LogP contribution in [0.25, 0.3) is 11.3 Å². The summed E-state index contributed by atoms with van der Waals surface area (Å²) >= 11 is 0. The van der Waals surface area contributed by atoms with Gasteiger partial charge in [-0.1, -0.05) is 19.0 Å². The van der Waals surface area contributed by atoms with Crippen molar-refractivity contribution in [3.63, 3.8) is 0 Å². The van der Waals surface area contributed by atoms with Crippen molar-refractivity contribution in [3.05, 3.63) is 35.8 Å². The Bertz CT molecular complexity index is 1010. The van der Waals surface area contributed by atoms with Crippen LogP contribution >= 0.6 is 0 Å². The van der Waals surface area contributed by atoms with Gasteiger partial charge >= 0.3 is 18.4 Å². The summed E-state index contributed by atoms with van der Waals surface area (Å²) in [4.78, 5) is 24.4. The topological polar surface area (TPSA) is 109 Å². The quantitative estimate of drug-likeness (QED) is 0.461. The predicted octanol–water partition coefficient (Wildman–Crippen LogP) is 5.18. The number of ether oxygens (including phenoxy) is 1. The van der Waals surface area contributed by atoms with Gasteiger partial charge in [0.1, 0.15) is 17.3 Å². The lowest BCUT2D eigenvalue weighted by Crippen LogP contribution is -2.41. The molecule has 1 saturated heterocycles. The number of piperidine rings is 1. The highest BCUT2D eigenvalue weighted by atomic mass is 19.4. The van der Waals surface area contributed by atoms with E-state index in [0.717, 1.165) is 50.9 Å². The summed E-state index contributed by atoms with van der Waals surface area (Å²) in [5, 5.41) is 11.6. The van der Waals surface area contributed by atoms with Gasteiger partial charge < -0.3 is 30.1 Å². The Labute approximate surface area is 212 Å². The lowest BCUT2D eigenvalue weighted by molar-refractivity contribution is -0.274. The number of carbonyl (C=O) groups is 2. The van der Waals surface area contributed by atoms with Gasteiger partial charge in [0.2, 0.25) is 0 Å². The normalized spacial score (nSPS) is 14.8. The SMILES string of the molecule is CC.CNC(=O)N1CCCCC1.O=C(NCc1cc(-c2cc(F)cc(OC(F)(F)F)c2)no1)NC1CC1. The highest BCUT2D eigenvalue weighted by Gasteiger charge is 2.31. The molecule has 0 spiro atoms. The summed E-state index contributed by atoms with van der Waals surface area (Å²) in [5.74, 6) is -1.35. The number of alkyl halides is 3. The van der Waals surface area contributed by atoms with Crippen molar-refractivity contribution in [1.29, 1.82) is 0 Å². The highest BCUT2D eigenvalue weighted by Crippen LogP contribution is 2.29. The summed E-state index contributed by atoms with van der Waals surface area (Å²) in [7, 11) is 1.68. The number of halogens is 4. The van der Waals surface area contributed by atoms with E-state index in [9.17, 15) is 27.2 Å². The Morgan fingerprint density at radius 3 is 2.38 bits per heavy atom. The summed E-state index contributed by atoms with van der Waals surface area (Å²) < 4.78 is 59.0. The Hall–Kier alpha value is -3.51. The van der Waals surface area contributed by atoms with Crippen molar-refractivity contribution in [1.82, 2.24) is 26.0 Å². The molecule has 0 bridgehead atoms. The first-order valence-corrected chi connectivity index (χ1v) is 12.2. The number of rotatable bonds is 5. The van der Waals surface area contributed by atoms with E-state index in [-0.39, 0.29) is 41.7 Å². The molecule has 1 aromatic carbocycles. The molecule has 37 heavy (non-hydrogen) atoms. The number of urea groups is 2. The van der Waals surface area contributed by atoms with Gasteiger partial charge in [-0.2, -0.15) is 0 Å². The van der Waals surface area contributed by atoms with E-state index >= 15 is 0 Å². The molecule has 2 heterocycles. The maximum Gasteiger partial charge on any atom is 0.573 e. The fourth-order valence-electron chi connectivity index (χ4n) is 3.32. The van der Waals surface area contributed by atoms with Crippen LogP contribution in [-0.2, 0) is 6.54 Å². The fraction of sp³-hybridized carbons (Fsp3) is 0.542. The number of likely N-dealkylation sites (tertiary alicyclic amines) is 1. The van der Waals surface area contributed by atoms with Crippen LogP contribution in [-0.4, -0.2) is 54.7 Å². The second-order valence-electron chi connectivity index (χ2n) is 8.11. The third-order valence-corrected chi connectivity index (χ3v) is 5.15. The van der Waals surface area contributed by atoms with Gasteiger partial charge in [-0.25, -0.2) is 14.0 Å². The highest BCUT2D eigenvalue weighted by molar-refractivity contribution is 5.74. The Morgan fingerprint density at radius 1 is 1.11 bits per heavy atom. The molecule has 0 radical (unpaired) electrons. The van der Waals surface area contributed by atoms with Gasteiger partial charge in [0.25, 0.3) is 0 Å². The minimum absolute atomic E-state index is 0.0345. The summed E-state index contributed by atoms with van der Waals surface area (Å²) in [5.41, 5.74) is 0.169. The molecule has 4 amide bonds. The number of amides is 4. The third kappa shape index (κ3) is 11.0. The molecule has 4 rings (SSSR count). The van der Waals surface area contributed by atoms with Crippen LogP contribution in [0.4, 0.5) is 27.2 Å². The minimum Gasteiger partial charge on any atom is -0.406 e. The van der Waals surface area contributed by atoms with Crippen molar-refractivity contribution in [3.8, 4) is 17.0 Å². The molecule has 206 valence electrons. The van der Waals surface area contributed by atoms with Crippen LogP contribution in [0.15, 0.2) is 28.8 Å². The molecule has 2 aliphatic rings. The van der Waals surface area contributed by atoms with Gasteiger partial charge in [-0.15, -0.1) is 13.2 Å². The van der Waals surface area contributed by atoms with Crippen molar-refractivity contribution in [2.75, 3.05) is 20.1 Å². The standard InChI is InChI=1S/C15H13F4N3O3.C7H14N2O.C2H6/c16-9-3-8(4-11(5-9)24-15(17,18)19)13-6-12(25-22-13)7-20-14(23)21-10-1-2-10;1-8-7(10)9-5-3-2-4-6-9;1-2/h3-6,10H,1-2,7H2,(H2,20,21,23);2-6H2,1H3,(H,8,10);1-2H3. The lowest BCUT2D eigenvalue weighted by atomic mass is 10.1. The largest absolute Gasteiger partial charge is 0.573 e. The second-order valence-corrected chi connectivity index (χ2v) is 8.11. The van der Waals surface area contributed by atoms with Crippen molar-refractivity contribution in [2.24, 2.45) is 0 Å². The summed E-state index contributed by atoms with van der Waals surface area (Å²) in [6.07, 6.45) is 0.552. The Morgan fingerprint density at radius 2 is 1.78 bits per heavy atom. The number of nitrogens with one attached hydrogen (secondary N) is 3. The molecule has 9 nitrogen and oxygen atoms in total. The van der Waals surface area contributed by atoms with Gasteiger partial charge in [-0.05, 0) is 44.2 Å². The molecule has 1 aliphatic heterocycles. The monoisotopic (exact) mass is 531 g/mol.